The Labute approximate surface area is 281 Å². The molecule has 1 aliphatic rings. The average Bonchev–Trinajstić information content (AvgIpc) is 3.09. The Hall–Kier alpha value is -5.98. The average molecular weight is 693 g/mol. The Morgan fingerprint density at radius 2 is 1.06 bits per heavy atom. The highest BCUT2D eigenvalue weighted by Crippen LogP contribution is 2.28. The Bertz CT molecular complexity index is 1950. The van der Waals surface area contributed by atoms with Crippen molar-refractivity contribution in [3.8, 4) is 11.5 Å². The van der Waals surface area contributed by atoms with Crippen molar-refractivity contribution in [2.75, 3.05) is 10.6 Å². The molecule has 2 N–H and O–H groups in total. The highest BCUT2D eigenvalue weighted by molar-refractivity contribution is 6.11. The lowest BCUT2D eigenvalue weighted by atomic mass is 9.86. The maximum absolute atomic E-state index is 13.3. The van der Waals surface area contributed by atoms with Crippen molar-refractivity contribution in [2.24, 2.45) is 5.92 Å². The Morgan fingerprint density at radius 3 is 1.56 bits per heavy atom. The monoisotopic (exact) mass is 692 g/mol. The molecule has 0 fully saturated rings. The lowest BCUT2D eigenvalue weighted by Gasteiger charge is -2.16. The van der Waals surface area contributed by atoms with Crippen molar-refractivity contribution < 1.29 is 50.3 Å². The molecule has 256 valence electrons. The third kappa shape index (κ3) is 9.13. The summed E-state index contributed by atoms with van der Waals surface area (Å²) in [6.07, 6.45) is -4.13. The number of halogens is 6. The molecule has 7 nitrogen and oxygen atoms in total. The van der Waals surface area contributed by atoms with E-state index in [0.717, 1.165) is 11.1 Å². The maximum atomic E-state index is 13.3. The van der Waals surface area contributed by atoms with Gasteiger partial charge in [0.05, 0.1) is 0 Å². The molecule has 4 aromatic carbocycles. The fraction of sp³-hybridized carbons (Fsp3) is 0.135. The molecule has 13 heteroatoms. The first-order valence-corrected chi connectivity index (χ1v) is 15.0. The maximum Gasteiger partial charge on any atom is 0.471 e. The number of allylic oxidation sites excluding steroid dienone is 4. The molecule has 1 unspecified atom stereocenters. The SMILES string of the molecule is O=C(C1=CC(C(=O)c2ccc(Cc3ccc(NC(=O)C(F)(F)F)cc3)cc2)CC=C1)c1ccc(Oc2ccc(NC(=O)C(F)(F)F)cc2)cc1. The first-order valence-electron chi connectivity index (χ1n) is 15.0. The van der Waals surface area contributed by atoms with Gasteiger partial charge in [0.1, 0.15) is 11.5 Å². The van der Waals surface area contributed by atoms with E-state index in [0.29, 0.717) is 35.3 Å². The quantitative estimate of drug-likeness (QED) is 0.128. The highest BCUT2D eigenvalue weighted by Gasteiger charge is 2.39. The van der Waals surface area contributed by atoms with Gasteiger partial charge in [-0.15, -0.1) is 0 Å². The number of nitrogens with one attached hydrogen (secondary N) is 2. The van der Waals surface area contributed by atoms with Gasteiger partial charge >= 0.3 is 24.2 Å². The predicted molar refractivity (Wildman–Crippen MR) is 172 cm³/mol. The fourth-order valence-electron chi connectivity index (χ4n) is 4.95. The van der Waals surface area contributed by atoms with E-state index < -0.39 is 30.1 Å². The van der Waals surface area contributed by atoms with Crippen molar-refractivity contribution in [1.82, 2.24) is 0 Å². The second kappa shape index (κ2) is 14.6. The highest BCUT2D eigenvalue weighted by atomic mass is 19.4. The van der Waals surface area contributed by atoms with E-state index in [1.165, 1.54) is 36.4 Å². The molecule has 1 aliphatic carbocycles. The third-order valence-corrected chi connectivity index (χ3v) is 7.50. The predicted octanol–water partition coefficient (Wildman–Crippen LogP) is 8.64. The summed E-state index contributed by atoms with van der Waals surface area (Å²) in [4.78, 5) is 48.8. The summed E-state index contributed by atoms with van der Waals surface area (Å²) < 4.78 is 80.4. The van der Waals surface area contributed by atoms with Gasteiger partial charge in [-0.25, -0.2) is 0 Å². The van der Waals surface area contributed by atoms with E-state index in [1.807, 2.05) is 0 Å². The molecule has 0 bridgehead atoms. The van der Waals surface area contributed by atoms with Gasteiger partial charge in [0.25, 0.3) is 0 Å². The summed E-state index contributed by atoms with van der Waals surface area (Å²) in [5.74, 6) is -4.57. The summed E-state index contributed by atoms with van der Waals surface area (Å²) in [5, 5.41) is 3.53. The normalized spacial score (nSPS) is 14.4. The number of Topliss-reactive ketones (excluding diaryl/α,β-unsaturated/α-hetero) is 2. The molecule has 5 rings (SSSR count). The van der Waals surface area contributed by atoms with Gasteiger partial charge in [0.2, 0.25) is 0 Å². The fourth-order valence-corrected chi connectivity index (χ4v) is 4.95. The van der Waals surface area contributed by atoms with Crippen molar-refractivity contribution in [2.45, 2.75) is 25.2 Å². The van der Waals surface area contributed by atoms with Crippen LogP contribution in [0.4, 0.5) is 37.7 Å². The van der Waals surface area contributed by atoms with Gasteiger partial charge in [-0.05, 0) is 84.6 Å². The molecule has 2 amide bonds. The van der Waals surface area contributed by atoms with E-state index in [9.17, 15) is 45.5 Å². The number of hydrogen-bond donors (Lipinski definition) is 2. The van der Waals surface area contributed by atoms with Crippen molar-refractivity contribution >= 4 is 34.8 Å². The lowest BCUT2D eigenvalue weighted by Crippen LogP contribution is -2.29. The lowest BCUT2D eigenvalue weighted by molar-refractivity contribution is -0.167. The number of benzene rings is 4. The number of ketones is 2. The van der Waals surface area contributed by atoms with E-state index in [2.05, 4.69) is 0 Å². The van der Waals surface area contributed by atoms with Gasteiger partial charge in [0.15, 0.2) is 11.6 Å². The van der Waals surface area contributed by atoms with Gasteiger partial charge < -0.3 is 15.4 Å². The number of carbonyl (C=O) groups is 4. The van der Waals surface area contributed by atoms with E-state index in [-0.39, 0.29) is 28.7 Å². The Balaban J connectivity index is 1.16. The van der Waals surface area contributed by atoms with Crippen LogP contribution in [0.2, 0.25) is 0 Å². The number of hydrogen-bond acceptors (Lipinski definition) is 5. The topological polar surface area (TPSA) is 102 Å². The minimum Gasteiger partial charge on any atom is -0.457 e. The van der Waals surface area contributed by atoms with Crippen LogP contribution >= 0.6 is 0 Å². The molecule has 0 saturated carbocycles. The number of carbonyl (C=O) groups excluding carboxylic acids is 4. The molecule has 0 spiro atoms. The largest absolute Gasteiger partial charge is 0.471 e. The summed E-state index contributed by atoms with van der Waals surface area (Å²) in [6, 6.07) is 24.3. The molecule has 0 radical (unpaired) electrons. The molecule has 0 heterocycles. The van der Waals surface area contributed by atoms with Crippen LogP contribution in [0.25, 0.3) is 0 Å². The van der Waals surface area contributed by atoms with E-state index >= 15 is 0 Å². The van der Waals surface area contributed by atoms with E-state index in [4.69, 9.17) is 4.74 Å². The van der Waals surface area contributed by atoms with Crippen molar-refractivity contribution in [3.63, 3.8) is 0 Å². The van der Waals surface area contributed by atoms with E-state index in [1.54, 1.807) is 89.5 Å². The van der Waals surface area contributed by atoms with Crippen LogP contribution in [-0.4, -0.2) is 35.7 Å². The number of alkyl halides is 6. The first kappa shape index (κ1) is 35.3. The van der Waals surface area contributed by atoms with Gasteiger partial charge in [-0.3, -0.25) is 19.2 Å². The van der Waals surface area contributed by atoms with Crippen LogP contribution in [0, 0.1) is 5.92 Å². The molecule has 0 aliphatic heterocycles. The zero-order chi connectivity index (χ0) is 36.1. The molecule has 0 aromatic heterocycles. The standard InChI is InChI=1S/C37H26F6N2O5/c38-36(39,40)34(48)44-28-12-6-23(7-13-28)20-22-4-8-24(9-5-22)32(46)26-2-1-3-27(21-26)33(47)25-10-16-30(17-11-25)50-31-18-14-29(15-19-31)45-35(49)37(41,42)43/h1,3-19,21,26H,2,20H2,(H,44,48)(H,45,49). The second-order valence-electron chi connectivity index (χ2n) is 11.2. The molecule has 4 aromatic rings. The third-order valence-electron chi connectivity index (χ3n) is 7.50. The molecule has 0 saturated heterocycles. The summed E-state index contributed by atoms with van der Waals surface area (Å²) in [7, 11) is 0. The zero-order valence-electron chi connectivity index (χ0n) is 25.8. The number of anilines is 2. The number of amides is 2. The number of rotatable bonds is 10. The summed E-state index contributed by atoms with van der Waals surface area (Å²) >= 11 is 0. The number of ether oxygens (including phenoxy) is 1. The van der Waals surface area contributed by atoms with Crippen LogP contribution < -0.4 is 15.4 Å². The smallest absolute Gasteiger partial charge is 0.457 e. The second-order valence-corrected chi connectivity index (χ2v) is 11.2. The molecule has 1 atom stereocenters. The summed E-state index contributed by atoms with van der Waals surface area (Å²) in [5.41, 5.74) is 2.71. The van der Waals surface area contributed by atoms with Gasteiger partial charge in [0, 0.05) is 34.0 Å². The molecule has 50 heavy (non-hydrogen) atoms. The zero-order valence-corrected chi connectivity index (χ0v) is 25.8. The van der Waals surface area contributed by atoms with Crippen LogP contribution in [0.3, 0.4) is 0 Å². The van der Waals surface area contributed by atoms with Gasteiger partial charge in [-0.2, -0.15) is 26.3 Å². The Morgan fingerprint density at radius 1 is 0.620 bits per heavy atom. The molecular formula is C37H26F6N2O5. The van der Waals surface area contributed by atoms with Gasteiger partial charge in [-0.1, -0.05) is 54.6 Å². The minimum absolute atomic E-state index is 0.0154. The van der Waals surface area contributed by atoms with Crippen LogP contribution in [0.1, 0.15) is 38.3 Å². The summed E-state index contributed by atoms with van der Waals surface area (Å²) in [6.45, 7) is 0. The van der Waals surface area contributed by atoms with Crippen molar-refractivity contribution in [1.29, 1.82) is 0 Å². The van der Waals surface area contributed by atoms with Crippen LogP contribution in [0.15, 0.2) is 121 Å². The van der Waals surface area contributed by atoms with Crippen LogP contribution in [-0.2, 0) is 16.0 Å². The van der Waals surface area contributed by atoms with Crippen LogP contribution in [0.5, 0.6) is 11.5 Å². The first-order chi connectivity index (χ1) is 23.7. The molecular weight excluding hydrogens is 666 g/mol. The van der Waals surface area contributed by atoms with Crippen molar-refractivity contribution in [3.05, 3.63) is 143 Å². The Kier molecular flexibility index (Phi) is 10.3. The minimum atomic E-state index is -5.01.